The van der Waals surface area contributed by atoms with Crippen LogP contribution in [-0.4, -0.2) is 8.42 Å². The van der Waals surface area contributed by atoms with Gasteiger partial charge in [0.05, 0.1) is 4.90 Å². The van der Waals surface area contributed by atoms with Gasteiger partial charge in [-0.05, 0) is 45.8 Å². The van der Waals surface area contributed by atoms with Crippen LogP contribution in [0.4, 0.5) is 5.69 Å². The second-order valence-electron chi connectivity index (χ2n) is 4.11. The molecule has 4 nitrogen and oxygen atoms in total. The van der Waals surface area contributed by atoms with E-state index in [1.165, 1.54) is 6.07 Å². The van der Waals surface area contributed by atoms with Crippen molar-refractivity contribution in [3.05, 3.63) is 57.5 Å². The Balaban J connectivity index is 2.24. The molecule has 0 atom stereocenters. The Labute approximate surface area is 131 Å². The van der Waals surface area contributed by atoms with E-state index in [1.54, 1.807) is 36.4 Å². The lowest BCUT2D eigenvalue weighted by atomic mass is 10.2. The zero-order chi connectivity index (χ0) is 14.8. The molecule has 0 bridgehead atoms. The van der Waals surface area contributed by atoms with Crippen molar-refractivity contribution in [2.24, 2.45) is 0 Å². The predicted octanol–water partition coefficient (Wildman–Crippen LogP) is 3.16. The molecule has 0 radical (unpaired) electrons. The van der Waals surface area contributed by atoms with Crippen molar-refractivity contribution in [3.63, 3.8) is 0 Å². The quantitative estimate of drug-likeness (QED) is 0.806. The molecular weight excluding hydrogens is 364 g/mol. The SMILES string of the molecule is Nc1ccc(Br)c(S(=O)(=O)NCc2ccccc2Cl)c1. The lowest BCUT2D eigenvalue weighted by Gasteiger charge is -2.10. The number of hydrogen-bond acceptors (Lipinski definition) is 3. The summed E-state index contributed by atoms with van der Waals surface area (Å²) >= 11 is 9.20. The smallest absolute Gasteiger partial charge is 0.242 e. The summed E-state index contributed by atoms with van der Waals surface area (Å²) in [7, 11) is -3.66. The highest BCUT2D eigenvalue weighted by molar-refractivity contribution is 9.10. The van der Waals surface area contributed by atoms with Crippen LogP contribution in [0.15, 0.2) is 51.8 Å². The minimum absolute atomic E-state index is 0.101. The molecule has 0 aliphatic rings. The van der Waals surface area contributed by atoms with Crippen molar-refractivity contribution in [2.75, 3.05) is 5.73 Å². The Kier molecular flexibility index (Phi) is 4.70. The van der Waals surface area contributed by atoms with Gasteiger partial charge in [-0.15, -0.1) is 0 Å². The maximum atomic E-state index is 12.3. The summed E-state index contributed by atoms with van der Waals surface area (Å²) in [6.07, 6.45) is 0. The van der Waals surface area contributed by atoms with E-state index >= 15 is 0 Å². The first-order chi connectivity index (χ1) is 9.40. The fourth-order valence-electron chi connectivity index (χ4n) is 1.62. The lowest BCUT2D eigenvalue weighted by Crippen LogP contribution is -2.23. The zero-order valence-corrected chi connectivity index (χ0v) is 13.5. The molecule has 0 heterocycles. The number of nitrogen functional groups attached to an aromatic ring is 1. The number of anilines is 1. The maximum absolute atomic E-state index is 12.3. The van der Waals surface area contributed by atoms with Crippen LogP contribution in [0.5, 0.6) is 0 Å². The van der Waals surface area contributed by atoms with Crippen molar-refractivity contribution in [3.8, 4) is 0 Å². The first-order valence-corrected chi connectivity index (χ1v) is 8.33. The van der Waals surface area contributed by atoms with Crippen molar-refractivity contribution < 1.29 is 8.42 Å². The molecule has 0 unspecified atom stereocenters. The van der Waals surface area contributed by atoms with E-state index in [4.69, 9.17) is 17.3 Å². The van der Waals surface area contributed by atoms with Crippen LogP contribution in [0.1, 0.15) is 5.56 Å². The molecular formula is C13H12BrClN2O2S. The largest absolute Gasteiger partial charge is 0.399 e. The number of rotatable bonds is 4. The standard InChI is InChI=1S/C13H12BrClN2O2S/c14-11-6-5-10(16)7-13(11)20(18,19)17-8-9-3-1-2-4-12(9)15/h1-7,17H,8,16H2. The van der Waals surface area contributed by atoms with Crippen molar-refractivity contribution >= 4 is 43.2 Å². The van der Waals surface area contributed by atoms with Gasteiger partial charge in [0.15, 0.2) is 0 Å². The highest BCUT2D eigenvalue weighted by atomic mass is 79.9. The Morgan fingerprint density at radius 1 is 1.20 bits per heavy atom. The van der Waals surface area contributed by atoms with Crippen LogP contribution in [0.25, 0.3) is 0 Å². The van der Waals surface area contributed by atoms with Gasteiger partial charge in [0, 0.05) is 21.7 Å². The van der Waals surface area contributed by atoms with Gasteiger partial charge < -0.3 is 5.73 Å². The number of benzene rings is 2. The Morgan fingerprint density at radius 3 is 2.60 bits per heavy atom. The number of halogens is 2. The van der Waals surface area contributed by atoms with Gasteiger partial charge in [0.25, 0.3) is 0 Å². The molecule has 0 aliphatic carbocycles. The van der Waals surface area contributed by atoms with Crippen molar-refractivity contribution in [1.82, 2.24) is 4.72 Å². The molecule has 2 aromatic carbocycles. The topological polar surface area (TPSA) is 72.2 Å². The predicted molar refractivity (Wildman–Crippen MR) is 84.0 cm³/mol. The normalized spacial score (nSPS) is 11.5. The van der Waals surface area contributed by atoms with Gasteiger partial charge in [0.2, 0.25) is 10.0 Å². The number of sulfonamides is 1. The summed E-state index contributed by atoms with van der Waals surface area (Å²) in [5.41, 5.74) is 6.71. The minimum atomic E-state index is -3.66. The molecule has 0 spiro atoms. The summed E-state index contributed by atoms with van der Waals surface area (Å²) in [4.78, 5) is 0.101. The monoisotopic (exact) mass is 374 g/mol. The van der Waals surface area contributed by atoms with Crippen molar-refractivity contribution in [2.45, 2.75) is 11.4 Å². The minimum Gasteiger partial charge on any atom is -0.399 e. The first-order valence-electron chi connectivity index (χ1n) is 5.68. The molecule has 20 heavy (non-hydrogen) atoms. The Morgan fingerprint density at radius 2 is 1.90 bits per heavy atom. The van der Waals surface area contributed by atoms with Crippen LogP contribution in [-0.2, 0) is 16.6 Å². The van der Waals surface area contributed by atoms with E-state index in [9.17, 15) is 8.42 Å². The second-order valence-corrected chi connectivity index (χ2v) is 7.10. The van der Waals surface area contributed by atoms with Crippen molar-refractivity contribution in [1.29, 1.82) is 0 Å². The number of nitrogens with one attached hydrogen (secondary N) is 1. The third-order valence-corrected chi connectivity index (χ3v) is 5.42. The van der Waals surface area contributed by atoms with Gasteiger partial charge in [-0.25, -0.2) is 13.1 Å². The van der Waals surface area contributed by atoms with E-state index in [2.05, 4.69) is 20.7 Å². The van der Waals surface area contributed by atoms with Crippen LogP contribution in [0, 0.1) is 0 Å². The average Bonchev–Trinajstić information content (AvgIpc) is 2.40. The van der Waals surface area contributed by atoms with Crippen LogP contribution in [0.2, 0.25) is 5.02 Å². The van der Waals surface area contributed by atoms with Gasteiger partial charge >= 0.3 is 0 Å². The maximum Gasteiger partial charge on any atom is 0.242 e. The fraction of sp³-hybridized carbons (Fsp3) is 0.0769. The zero-order valence-electron chi connectivity index (χ0n) is 10.3. The van der Waals surface area contributed by atoms with E-state index < -0.39 is 10.0 Å². The summed E-state index contributed by atoms with van der Waals surface area (Å²) in [6.45, 7) is 0.114. The molecule has 0 saturated heterocycles. The lowest BCUT2D eigenvalue weighted by molar-refractivity contribution is 0.581. The van der Waals surface area contributed by atoms with E-state index in [0.29, 0.717) is 20.7 Å². The molecule has 0 saturated carbocycles. The molecule has 2 aromatic rings. The Bertz CT molecular complexity index is 735. The summed E-state index contributed by atoms with van der Waals surface area (Å²) < 4.78 is 27.5. The Hall–Kier alpha value is -1.08. The molecule has 106 valence electrons. The fourth-order valence-corrected chi connectivity index (χ4v) is 3.82. The molecule has 0 aliphatic heterocycles. The third-order valence-electron chi connectivity index (χ3n) is 2.66. The summed E-state index contributed by atoms with van der Waals surface area (Å²) in [5.74, 6) is 0. The van der Waals surface area contributed by atoms with Gasteiger partial charge in [-0.3, -0.25) is 0 Å². The molecule has 0 aromatic heterocycles. The second kappa shape index (κ2) is 6.13. The van der Waals surface area contributed by atoms with Crippen LogP contribution < -0.4 is 10.5 Å². The van der Waals surface area contributed by atoms with Crippen LogP contribution >= 0.6 is 27.5 Å². The first kappa shape index (κ1) is 15.3. The van der Waals surface area contributed by atoms with E-state index in [0.717, 1.165) is 0 Å². The van der Waals surface area contributed by atoms with Gasteiger partial charge in [-0.2, -0.15) is 0 Å². The van der Waals surface area contributed by atoms with Gasteiger partial charge in [0.1, 0.15) is 0 Å². The van der Waals surface area contributed by atoms with E-state index in [-0.39, 0.29) is 11.4 Å². The molecule has 7 heteroatoms. The third kappa shape index (κ3) is 3.52. The number of nitrogens with two attached hydrogens (primary N) is 1. The molecule has 0 fully saturated rings. The average molecular weight is 376 g/mol. The highest BCUT2D eigenvalue weighted by Crippen LogP contribution is 2.24. The van der Waals surface area contributed by atoms with Gasteiger partial charge in [-0.1, -0.05) is 29.8 Å². The molecule has 2 rings (SSSR count). The number of hydrogen-bond donors (Lipinski definition) is 2. The van der Waals surface area contributed by atoms with Crippen LogP contribution in [0.3, 0.4) is 0 Å². The highest BCUT2D eigenvalue weighted by Gasteiger charge is 2.18. The van der Waals surface area contributed by atoms with E-state index in [1.807, 2.05) is 0 Å². The molecule has 0 amide bonds. The summed E-state index contributed by atoms with van der Waals surface area (Å²) in [6, 6.07) is 11.7. The summed E-state index contributed by atoms with van der Waals surface area (Å²) in [5, 5.41) is 0.516. The molecule has 3 N–H and O–H groups in total.